The van der Waals surface area contributed by atoms with Crippen molar-refractivity contribution >= 4 is 28.0 Å². The van der Waals surface area contributed by atoms with E-state index in [1.165, 1.54) is 16.2 Å². The standard InChI is InChI=1S/C19H24N2O2S/c1-11-14(17(20)24-16(11)18(23)21(5)6)15(22)12-7-9-13(10-8-12)19(2,3)4/h7-10H,20H2,1-6H3. The zero-order chi connectivity index (χ0) is 18.2. The van der Waals surface area contributed by atoms with Gasteiger partial charge in [0.2, 0.25) is 0 Å². The number of hydrogen-bond donors (Lipinski definition) is 1. The highest BCUT2D eigenvalue weighted by molar-refractivity contribution is 7.18. The number of nitrogen functional groups attached to an aromatic ring is 1. The van der Waals surface area contributed by atoms with E-state index in [1.807, 2.05) is 24.3 Å². The average molecular weight is 344 g/mol. The maximum atomic E-state index is 12.9. The number of carbonyl (C=O) groups is 2. The molecule has 0 saturated carbocycles. The molecule has 2 N–H and O–H groups in total. The van der Waals surface area contributed by atoms with Crippen molar-refractivity contribution in [1.29, 1.82) is 0 Å². The van der Waals surface area contributed by atoms with Gasteiger partial charge in [0.25, 0.3) is 5.91 Å². The number of benzene rings is 1. The summed E-state index contributed by atoms with van der Waals surface area (Å²) in [6.45, 7) is 8.16. The van der Waals surface area contributed by atoms with Gasteiger partial charge in [0, 0.05) is 19.7 Å². The molecule has 128 valence electrons. The van der Waals surface area contributed by atoms with E-state index < -0.39 is 0 Å². The molecule has 1 heterocycles. The molecule has 0 radical (unpaired) electrons. The third-order valence-corrected chi connectivity index (χ3v) is 5.12. The first kappa shape index (κ1) is 18.2. The van der Waals surface area contributed by atoms with E-state index in [9.17, 15) is 9.59 Å². The summed E-state index contributed by atoms with van der Waals surface area (Å²) in [6, 6.07) is 7.59. The summed E-state index contributed by atoms with van der Waals surface area (Å²) in [6.07, 6.45) is 0. The van der Waals surface area contributed by atoms with Crippen LogP contribution in [0.5, 0.6) is 0 Å². The Labute approximate surface area is 147 Å². The molecule has 0 aliphatic carbocycles. The Morgan fingerprint density at radius 1 is 1.08 bits per heavy atom. The van der Waals surface area contributed by atoms with Gasteiger partial charge in [-0.3, -0.25) is 9.59 Å². The SMILES string of the molecule is Cc1c(C(=O)N(C)C)sc(N)c1C(=O)c1ccc(C(C)(C)C)cc1. The minimum atomic E-state index is -0.139. The Kier molecular flexibility index (Phi) is 4.85. The first-order valence-corrected chi connectivity index (χ1v) is 8.61. The van der Waals surface area contributed by atoms with E-state index in [-0.39, 0.29) is 17.1 Å². The van der Waals surface area contributed by atoms with E-state index in [1.54, 1.807) is 21.0 Å². The van der Waals surface area contributed by atoms with E-state index in [4.69, 9.17) is 5.73 Å². The molecule has 0 spiro atoms. The van der Waals surface area contributed by atoms with Crippen LogP contribution in [0.2, 0.25) is 0 Å². The van der Waals surface area contributed by atoms with Gasteiger partial charge < -0.3 is 10.6 Å². The summed E-state index contributed by atoms with van der Waals surface area (Å²) in [5.74, 6) is -0.272. The third-order valence-electron chi connectivity index (χ3n) is 4.01. The van der Waals surface area contributed by atoms with Gasteiger partial charge in [0.05, 0.1) is 15.4 Å². The van der Waals surface area contributed by atoms with E-state index in [2.05, 4.69) is 20.8 Å². The van der Waals surface area contributed by atoms with Crippen LogP contribution in [0.1, 0.15) is 57.5 Å². The van der Waals surface area contributed by atoms with Crippen LogP contribution in [0.15, 0.2) is 24.3 Å². The summed E-state index contributed by atoms with van der Waals surface area (Å²) in [5.41, 5.74) is 8.92. The minimum absolute atomic E-state index is 0.0319. The molecule has 0 fully saturated rings. The molecule has 0 bridgehead atoms. The van der Waals surface area contributed by atoms with Gasteiger partial charge in [-0.05, 0) is 23.5 Å². The molecule has 0 aliphatic rings. The van der Waals surface area contributed by atoms with Gasteiger partial charge in [-0.15, -0.1) is 11.3 Å². The Hall–Kier alpha value is -2.14. The van der Waals surface area contributed by atoms with Crippen LogP contribution in [0.4, 0.5) is 5.00 Å². The van der Waals surface area contributed by atoms with Crippen LogP contribution in [0, 0.1) is 6.92 Å². The number of anilines is 1. The zero-order valence-electron chi connectivity index (χ0n) is 15.1. The van der Waals surface area contributed by atoms with Crippen LogP contribution in [0.3, 0.4) is 0 Å². The van der Waals surface area contributed by atoms with E-state index in [0.29, 0.717) is 26.6 Å². The molecule has 1 aromatic heterocycles. The summed E-state index contributed by atoms with van der Waals surface area (Å²) < 4.78 is 0. The highest BCUT2D eigenvalue weighted by Crippen LogP contribution is 2.33. The number of thiophene rings is 1. The van der Waals surface area contributed by atoms with E-state index in [0.717, 1.165) is 5.56 Å². The fourth-order valence-corrected chi connectivity index (χ4v) is 3.58. The Morgan fingerprint density at radius 2 is 1.62 bits per heavy atom. The van der Waals surface area contributed by atoms with Gasteiger partial charge in [-0.25, -0.2) is 0 Å². The second kappa shape index (κ2) is 6.40. The smallest absolute Gasteiger partial charge is 0.263 e. The lowest BCUT2D eigenvalue weighted by molar-refractivity contribution is 0.0831. The monoisotopic (exact) mass is 344 g/mol. The summed E-state index contributed by atoms with van der Waals surface area (Å²) in [7, 11) is 3.37. The van der Waals surface area contributed by atoms with Gasteiger partial charge in [-0.1, -0.05) is 45.0 Å². The predicted octanol–water partition coefficient (Wildman–Crippen LogP) is 3.87. The van der Waals surface area contributed by atoms with Crippen molar-refractivity contribution in [1.82, 2.24) is 4.90 Å². The van der Waals surface area contributed by atoms with Crippen LogP contribution in [-0.4, -0.2) is 30.7 Å². The van der Waals surface area contributed by atoms with Crippen molar-refractivity contribution in [3.63, 3.8) is 0 Å². The third kappa shape index (κ3) is 3.36. The van der Waals surface area contributed by atoms with Crippen LogP contribution in [-0.2, 0) is 5.41 Å². The fraction of sp³-hybridized carbons (Fsp3) is 0.368. The van der Waals surface area contributed by atoms with Gasteiger partial charge in [-0.2, -0.15) is 0 Å². The van der Waals surface area contributed by atoms with E-state index >= 15 is 0 Å². The lowest BCUT2D eigenvalue weighted by atomic mass is 9.86. The number of nitrogens with two attached hydrogens (primary N) is 1. The predicted molar refractivity (Wildman–Crippen MR) is 100 cm³/mol. The average Bonchev–Trinajstić information content (AvgIpc) is 2.79. The molecule has 1 amide bonds. The van der Waals surface area contributed by atoms with Crippen LogP contribution < -0.4 is 5.73 Å². The summed E-state index contributed by atoms with van der Waals surface area (Å²) in [5, 5.41) is 0.391. The highest BCUT2D eigenvalue weighted by Gasteiger charge is 2.25. The lowest BCUT2D eigenvalue weighted by Crippen LogP contribution is -2.21. The quantitative estimate of drug-likeness (QED) is 0.860. The second-order valence-corrected chi connectivity index (χ2v) is 8.20. The van der Waals surface area contributed by atoms with Gasteiger partial charge in [0.15, 0.2) is 5.78 Å². The number of hydrogen-bond acceptors (Lipinski definition) is 4. The number of rotatable bonds is 3. The van der Waals surface area contributed by atoms with Crippen molar-refractivity contribution in [3.05, 3.63) is 51.4 Å². The van der Waals surface area contributed by atoms with Crippen molar-refractivity contribution in [3.8, 4) is 0 Å². The zero-order valence-corrected chi connectivity index (χ0v) is 15.9. The molecule has 4 nitrogen and oxygen atoms in total. The topological polar surface area (TPSA) is 63.4 Å². The Balaban J connectivity index is 2.42. The van der Waals surface area contributed by atoms with Crippen LogP contribution >= 0.6 is 11.3 Å². The maximum Gasteiger partial charge on any atom is 0.263 e. The largest absolute Gasteiger partial charge is 0.390 e. The summed E-state index contributed by atoms with van der Waals surface area (Å²) >= 11 is 1.17. The van der Waals surface area contributed by atoms with Gasteiger partial charge >= 0.3 is 0 Å². The summed E-state index contributed by atoms with van der Waals surface area (Å²) in [4.78, 5) is 27.1. The van der Waals surface area contributed by atoms with Crippen LogP contribution in [0.25, 0.3) is 0 Å². The molecule has 0 atom stereocenters. The molecule has 2 rings (SSSR count). The molecule has 5 heteroatoms. The van der Waals surface area contributed by atoms with Gasteiger partial charge in [0.1, 0.15) is 0 Å². The molecule has 0 unspecified atom stereocenters. The number of carbonyl (C=O) groups excluding carboxylic acids is 2. The van der Waals surface area contributed by atoms with Crippen molar-refractivity contribution in [2.75, 3.05) is 19.8 Å². The first-order valence-electron chi connectivity index (χ1n) is 7.79. The highest BCUT2D eigenvalue weighted by atomic mass is 32.1. The molecule has 0 aliphatic heterocycles. The molecular formula is C19H24N2O2S. The Morgan fingerprint density at radius 3 is 2.08 bits per heavy atom. The molecule has 0 saturated heterocycles. The Bertz CT molecular complexity index is 781. The minimum Gasteiger partial charge on any atom is -0.390 e. The second-order valence-electron chi connectivity index (χ2n) is 7.15. The van der Waals surface area contributed by atoms with Crippen molar-refractivity contribution < 1.29 is 9.59 Å². The van der Waals surface area contributed by atoms with Crippen molar-refractivity contribution in [2.24, 2.45) is 0 Å². The molecular weight excluding hydrogens is 320 g/mol. The molecule has 2 aromatic rings. The lowest BCUT2D eigenvalue weighted by Gasteiger charge is -2.19. The first-order chi connectivity index (χ1) is 11.0. The molecule has 24 heavy (non-hydrogen) atoms. The van der Waals surface area contributed by atoms with Crippen molar-refractivity contribution in [2.45, 2.75) is 33.1 Å². The number of amides is 1. The number of ketones is 1. The maximum absolute atomic E-state index is 12.9. The normalized spacial score (nSPS) is 11.4. The number of nitrogens with zero attached hydrogens (tertiary/aromatic N) is 1. The fourth-order valence-electron chi connectivity index (χ4n) is 2.49. The molecule has 1 aromatic carbocycles.